The molecule has 2 aromatic rings. The van der Waals surface area contributed by atoms with Gasteiger partial charge < -0.3 is 35.6 Å². The van der Waals surface area contributed by atoms with Crippen LogP contribution in [0.15, 0.2) is 24.3 Å². The number of aliphatic carboxylic acids is 2. The number of carbonyl (C=O) groups excluding carboxylic acids is 7. The van der Waals surface area contributed by atoms with Gasteiger partial charge in [0, 0.05) is 90.1 Å². The number of sulfonamides is 1. The highest BCUT2D eigenvalue weighted by Crippen LogP contribution is 2.14. The molecule has 0 aliphatic rings. The average Bonchev–Trinajstić information content (AvgIpc) is 3.81. The summed E-state index contributed by atoms with van der Waals surface area (Å²) in [5.41, 5.74) is 1.79. The molecule has 7 N–H and O–H groups in total. The van der Waals surface area contributed by atoms with Crippen LogP contribution in [-0.4, -0.2) is 144 Å². The minimum atomic E-state index is -3.87. The molecule has 0 aliphatic carbocycles. The molecule has 0 radical (unpaired) electrons. The van der Waals surface area contributed by atoms with Crippen molar-refractivity contribution in [1.29, 1.82) is 0 Å². The molecular weight excluding hydrogens is 913 g/mol. The van der Waals surface area contributed by atoms with E-state index in [9.17, 15) is 56.7 Å². The Balaban J connectivity index is 0.000000685. The molecule has 0 aliphatic heterocycles. The number of Topliss-reactive ketones (excluding diaryl/α,β-unsaturated/α-hetero) is 3. The second kappa shape index (κ2) is 35.2. The Morgan fingerprint density at radius 1 is 0.691 bits per heavy atom. The van der Waals surface area contributed by atoms with Gasteiger partial charge in [-0.3, -0.25) is 47.9 Å². The first-order chi connectivity index (χ1) is 32.3. The molecule has 2 rings (SSSR count). The van der Waals surface area contributed by atoms with E-state index in [4.69, 9.17) is 14.6 Å². The number of amides is 4. The zero-order valence-electron chi connectivity index (χ0n) is 39.2. The van der Waals surface area contributed by atoms with Gasteiger partial charge in [0.05, 0.1) is 30.8 Å². The summed E-state index contributed by atoms with van der Waals surface area (Å²) in [7, 11) is -2.43. The summed E-state index contributed by atoms with van der Waals surface area (Å²) < 4.78 is 36.5. The fraction of sp³-hybridized carbons (Fsp3) is 0.636. The summed E-state index contributed by atoms with van der Waals surface area (Å²) in [6.07, 6.45) is 3.34. The lowest BCUT2D eigenvalue weighted by molar-refractivity contribution is -0.144. The first-order valence-electron chi connectivity index (χ1n) is 22.6. The number of ether oxygens (including phenoxy) is 2. The number of aromatic amines is 1. The van der Waals surface area contributed by atoms with Crippen LogP contribution >= 0.6 is 0 Å². The number of aryl methyl sites for hydroxylation is 2. The second-order valence-corrected chi connectivity index (χ2v) is 17.7. The quantitative estimate of drug-likeness (QED) is 0.0375. The lowest BCUT2D eigenvalue weighted by Crippen LogP contribution is -2.33. The first kappa shape index (κ1) is 60.0. The molecule has 2 atom stereocenters. The summed E-state index contributed by atoms with van der Waals surface area (Å²) in [4.78, 5) is 104. The van der Waals surface area contributed by atoms with Crippen molar-refractivity contribution in [2.45, 2.75) is 117 Å². The smallest absolute Gasteiger partial charge is 0.306 e. The van der Waals surface area contributed by atoms with Gasteiger partial charge in [0.25, 0.3) is 0 Å². The largest absolute Gasteiger partial charge is 0.481 e. The Bertz CT molecular complexity index is 2000. The fourth-order valence-electron chi connectivity index (χ4n) is 5.91. The van der Waals surface area contributed by atoms with Crippen molar-refractivity contribution in [3.63, 3.8) is 0 Å². The number of H-pyrrole nitrogens is 1. The summed E-state index contributed by atoms with van der Waals surface area (Å²) in [5, 5.41) is 38.8. The molecule has 1 aromatic heterocycles. The van der Waals surface area contributed by atoms with Crippen LogP contribution in [0, 0.1) is 18.8 Å². The topological polar surface area (TPSA) is 349 Å². The van der Waals surface area contributed by atoms with Crippen molar-refractivity contribution < 1.29 is 71.3 Å². The van der Waals surface area contributed by atoms with E-state index in [0.717, 1.165) is 5.56 Å². The lowest BCUT2D eigenvalue weighted by atomic mass is 9.95. The molecule has 0 saturated heterocycles. The predicted octanol–water partition coefficient (Wildman–Crippen LogP) is 1.79. The zero-order valence-corrected chi connectivity index (χ0v) is 40.0. The standard InChI is InChI=1S/C24H35NO7.C20H33N7O8S/c1-18-7-10-20(11-8-18)22(27)6-3-13-25-23(28)17-32-16-15-31-14-4-5-21(26)12-9-19(2)24(29)30;1-21-17(29)10-9-14(20(32)33)13-15(28)5-3-11-22-18(30)8-4-12-36(34,35)25-19(31)7-2-6-16-23-26-27-24-16/h7-8,10-11,19H,3-6,9,12-17H2,1-2H3,(H,25,28)(H,29,30);14H,2-13H2,1H3,(H,21,29)(H,22,30)(H,25,31)(H,32,33)(H,23,24,26,27). The maximum Gasteiger partial charge on any atom is 0.306 e. The number of tetrazole rings is 1. The molecule has 24 heteroatoms. The summed E-state index contributed by atoms with van der Waals surface area (Å²) in [5.74, 6) is -5.26. The normalized spacial score (nSPS) is 11.8. The van der Waals surface area contributed by atoms with Gasteiger partial charge in [0.15, 0.2) is 11.6 Å². The van der Waals surface area contributed by atoms with Gasteiger partial charge in [-0.1, -0.05) is 42.0 Å². The average molecular weight is 981 g/mol. The van der Waals surface area contributed by atoms with E-state index >= 15 is 0 Å². The fourth-order valence-corrected chi connectivity index (χ4v) is 6.98. The van der Waals surface area contributed by atoms with Crippen LogP contribution in [0.3, 0.4) is 0 Å². The summed E-state index contributed by atoms with van der Waals surface area (Å²) >= 11 is 0. The Morgan fingerprint density at radius 3 is 1.99 bits per heavy atom. The Kier molecular flexibility index (Phi) is 31.0. The minimum Gasteiger partial charge on any atom is -0.481 e. The van der Waals surface area contributed by atoms with Gasteiger partial charge in [-0.2, -0.15) is 5.21 Å². The molecule has 1 aromatic carbocycles. The lowest BCUT2D eigenvalue weighted by Gasteiger charge is -2.11. The second-order valence-electron chi connectivity index (χ2n) is 15.9. The molecule has 1 heterocycles. The number of nitrogens with one attached hydrogen (secondary N) is 5. The number of hydrogen-bond donors (Lipinski definition) is 7. The van der Waals surface area contributed by atoms with Gasteiger partial charge >= 0.3 is 11.9 Å². The third-order valence-electron chi connectivity index (χ3n) is 9.96. The number of ketones is 3. The SMILES string of the molecule is CNC(=O)CCC(CC(=O)CCCNC(=O)CCCS(=O)(=O)NC(=O)CCCc1nn[nH]n1)C(=O)O.Cc1ccc(C(=O)CCCNC(=O)COCCOCCCC(=O)CCC(C)C(=O)O)cc1. The van der Waals surface area contributed by atoms with Crippen LogP contribution in [0.4, 0.5) is 0 Å². The van der Waals surface area contributed by atoms with E-state index in [-0.39, 0.29) is 100 Å². The highest BCUT2D eigenvalue weighted by molar-refractivity contribution is 7.90. The Morgan fingerprint density at radius 2 is 1.34 bits per heavy atom. The maximum atomic E-state index is 12.0. The molecule has 4 amide bonds. The van der Waals surface area contributed by atoms with Gasteiger partial charge in [-0.25, -0.2) is 8.42 Å². The third-order valence-corrected chi connectivity index (χ3v) is 11.3. The van der Waals surface area contributed by atoms with Gasteiger partial charge in [0.1, 0.15) is 18.2 Å². The molecule has 0 spiro atoms. The van der Waals surface area contributed by atoms with Gasteiger partial charge in [-0.05, 0) is 51.9 Å². The number of benzene rings is 1. The summed E-state index contributed by atoms with van der Waals surface area (Å²) in [6, 6.07) is 7.43. The molecule has 23 nitrogen and oxygen atoms in total. The van der Waals surface area contributed by atoms with Crippen molar-refractivity contribution in [2.75, 3.05) is 52.3 Å². The van der Waals surface area contributed by atoms with E-state index in [1.165, 1.54) is 7.05 Å². The molecule has 2 unspecified atom stereocenters. The zero-order chi connectivity index (χ0) is 50.7. The molecule has 380 valence electrons. The van der Waals surface area contributed by atoms with E-state index in [0.29, 0.717) is 82.5 Å². The van der Waals surface area contributed by atoms with Crippen LogP contribution in [0.25, 0.3) is 0 Å². The number of carboxylic acid groups (broad SMARTS) is 2. The van der Waals surface area contributed by atoms with Crippen molar-refractivity contribution in [3.05, 3.63) is 41.2 Å². The van der Waals surface area contributed by atoms with Crippen LogP contribution < -0.4 is 20.7 Å². The van der Waals surface area contributed by atoms with Crippen molar-refractivity contribution in [1.82, 2.24) is 41.3 Å². The van der Waals surface area contributed by atoms with Crippen molar-refractivity contribution >= 4 is 62.9 Å². The van der Waals surface area contributed by atoms with Crippen LogP contribution in [0.1, 0.15) is 125 Å². The third kappa shape index (κ3) is 31.1. The predicted molar refractivity (Wildman–Crippen MR) is 244 cm³/mol. The maximum absolute atomic E-state index is 12.0. The van der Waals surface area contributed by atoms with E-state index < -0.39 is 51.4 Å². The van der Waals surface area contributed by atoms with E-state index in [2.05, 4.69) is 36.6 Å². The monoisotopic (exact) mass is 980 g/mol. The molecular formula is C44H68N8O15S. The minimum absolute atomic E-state index is 0.00185. The molecule has 0 bridgehead atoms. The molecule has 0 fully saturated rings. The van der Waals surface area contributed by atoms with Crippen molar-refractivity contribution in [2.24, 2.45) is 11.8 Å². The van der Waals surface area contributed by atoms with Gasteiger partial charge in [-0.15, -0.1) is 10.2 Å². The van der Waals surface area contributed by atoms with Crippen LogP contribution in [-0.2, 0) is 64.3 Å². The number of carbonyl (C=O) groups is 9. The molecule has 68 heavy (non-hydrogen) atoms. The number of rotatable bonds is 37. The number of hydrogen-bond acceptors (Lipinski definition) is 16. The number of nitrogens with zero attached hydrogens (tertiary/aromatic N) is 3. The van der Waals surface area contributed by atoms with Gasteiger partial charge in [0.2, 0.25) is 33.7 Å². The Hall–Kier alpha value is -6.01. The highest BCUT2D eigenvalue weighted by Gasteiger charge is 2.22. The van der Waals surface area contributed by atoms with Crippen LogP contribution in [0.2, 0.25) is 0 Å². The summed E-state index contributed by atoms with van der Waals surface area (Å²) in [6.45, 7) is 5.06. The Labute approximate surface area is 396 Å². The number of aromatic nitrogens is 4. The van der Waals surface area contributed by atoms with Crippen molar-refractivity contribution in [3.8, 4) is 0 Å². The van der Waals surface area contributed by atoms with E-state index in [1.807, 2.05) is 35.9 Å². The first-order valence-corrected chi connectivity index (χ1v) is 24.2. The van der Waals surface area contributed by atoms with Crippen LogP contribution in [0.5, 0.6) is 0 Å². The van der Waals surface area contributed by atoms with E-state index in [1.54, 1.807) is 6.92 Å². The number of carboxylic acids is 2. The molecule has 0 saturated carbocycles. The highest BCUT2D eigenvalue weighted by atomic mass is 32.2.